The van der Waals surface area contributed by atoms with E-state index >= 15 is 0 Å². The van der Waals surface area contributed by atoms with Gasteiger partial charge in [-0.15, -0.1) is 0 Å². The summed E-state index contributed by atoms with van der Waals surface area (Å²) in [6.45, 7) is 3.78. The molecule has 2 aromatic rings. The highest BCUT2D eigenvalue weighted by molar-refractivity contribution is 6.04. The normalized spacial score (nSPS) is 10.3. The Hall–Kier alpha value is -2.16. The molecule has 2 rings (SSSR count). The van der Waals surface area contributed by atoms with Crippen molar-refractivity contribution in [2.75, 3.05) is 5.32 Å². The van der Waals surface area contributed by atoms with Gasteiger partial charge in [-0.2, -0.15) is 0 Å². The fourth-order valence-electron chi connectivity index (χ4n) is 2.03. The Labute approximate surface area is 118 Å². The van der Waals surface area contributed by atoms with E-state index in [-0.39, 0.29) is 11.7 Å². The van der Waals surface area contributed by atoms with Crippen LogP contribution in [0.4, 0.5) is 10.1 Å². The standard InChI is InChI=1S/C17H18FNO/c1-3-4-13-5-8-15(9-6-13)19-17(20)14-7-10-16(18)12(2)11-14/h5-11H,3-4H2,1-2H3,(H,19,20). The second-order valence-electron chi connectivity index (χ2n) is 4.87. The van der Waals surface area contributed by atoms with Crippen LogP contribution < -0.4 is 5.32 Å². The van der Waals surface area contributed by atoms with Gasteiger partial charge in [-0.25, -0.2) is 4.39 Å². The van der Waals surface area contributed by atoms with Crippen LogP contribution in [0.2, 0.25) is 0 Å². The molecular weight excluding hydrogens is 253 g/mol. The van der Waals surface area contributed by atoms with Crippen molar-refractivity contribution in [2.45, 2.75) is 26.7 Å². The van der Waals surface area contributed by atoms with Gasteiger partial charge in [-0.05, 0) is 54.8 Å². The summed E-state index contributed by atoms with van der Waals surface area (Å²) >= 11 is 0. The van der Waals surface area contributed by atoms with E-state index in [2.05, 4.69) is 12.2 Å². The van der Waals surface area contributed by atoms with Gasteiger partial charge < -0.3 is 5.32 Å². The van der Waals surface area contributed by atoms with Crippen molar-refractivity contribution in [2.24, 2.45) is 0 Å². The molecule has 0 aliphatic carbocycles. The molecule has 0 aliphatic rings. The first-order chi connectivity index (χ1) is 9.60. The molecule has 0 saturated carbocycles. The Morgan fingerprint density at radius 3 is 2.45 bits per heavy atom. The molecule has 0 aliphatic heterocycles. The Bertz CT molecular complexity index is 605. The smallest absolute Gasteiger partial charge is 0.255 e. The molecule has 0 heterocycles. The average molecular weight is 271 g/mol. The first-order valence-corrected chi connectivity index (χ1v) is 6.76. The molecule has 2 nitrogen and oxygen atoms in total. The summed E-state index contributed by atoms with van der Waals surface area (Å²) in [5.74, 6) is -0.526. The lowest BCUT2D eigenvalue weighted by atomic mass is 10.1. The van der Waals surface area contributed by atoms with Gasteiger partial charge in [0.05, 0.1) is 0 Å². The molecule has 1 amide bonds. The second-order valence-corrected chi connectivity index (χ2v) is 4.87. The zero-order valence-electron chi connectivity index (χ0n) is 11.7. The molecule has 3 heteroatoms. The largest absolute Gasteiger partial charge is 0.322 e. The fourth-order valence-corrected chi connectivity index (χ4v) is 2.03. The van der Waals surface area contributed by atoms with Gasteiger partial charge in [-0.1, -0.05) is 25.5 Å². The summed E-state index contributed by atoms with van der Waals surface area (Å²) in [4.78, 5) is 12.1. The van der Waals surface area contributed by atoms with Crippen LogP contribution in [-0.2, 0) is 6.42 Å². The van der Waals surface area contributed by atoms with E-state index in [1.807, 2.05) is 24.3 Å². The molecule has 0 spiro atoms. The minimum Gasteiger partial charge on any atom is -0.322 e. The Morgan fingerprint density at radius 2 is 1.85 bits per heavy atom. The Kier molecular flexibility index (Phi) is 4.51. The maximum atomic E-state index is 13.2. The zero-order chi connectivity index (χ0) is 14.5. The Morgan fingerprint density at radius 1 is 1.15 bits per heavy atom. The van der Waals surface area contributed by atoms with Crippen molar-refractivity contribution in [1.82, 2.24) is 0 Å². The number of anilines is 1. The summed E-state index contributed by atoms with van der Waals surface area (Å²) in [7, 11) is 0. The second kappa shape index (κ2) is 6.33. The lowest BCUT2D eigenvalue weighted by Crippen LogP contribution is -2.12. The Balaban J connectivity index is 2.08. The minimum atomic E-state index is -0.300. The molecule has 0 radical (unpaired) electrons. The van der Waals surface area contributed by atoms with Crippen molar-refractivity contribution in [3.63, 3.8) is 0 Å². The molecule has 1 N–H and O–H groups in total. The SMILES string of the molecule is CCCc1ccc(NC(=O)c2ccc(F)c(C)c2)cc1. The summed E-state index contributed by atoms with van der Waals surface area (Å²) in [5, 5.41) is 2.81. The highest BCUT2D eigenvalue weighted by Crippen LogP contribution is 2.14. The lowest BCUT2D eigenvalue weighted by Gasteiger charge is -2.07. The molecule has 0 fully saturated rings. The van der Waals surface area contributed by atoms with E-state index in [0.717, 1.165) is 18.5 Å². The maximum Gasteiger partial charge on any atom is 0.255 e. The maximum absolute atomic E-state index is 13.2. The number of amides is 1. The monoisotopic (exact) mass is 271 g/mol. The van der Waals surface area contributed by atoms with Crippen LogP contribution in [0.5, 0.6) is 0 Å². The van der Waals surface area contributed by atoms with Crippen molar-refractivity contribution >= 4 is 11.6 Å². The molecule has 0 atom stereocenters. The third kappa shape index (κ3) is 3.44. The molecule has 2 aromatic carbocycles. The quantitative estimate of drug-likeness (QED) is 0.880. The number of rotatable bonds is 4. The molecule has 20 heavy (non-hydrogen) atoms. The van der Waals surface area contributed by atoms with Gasteiger partial charge in [0.2, 0.25) is 0 Å². The average Bonchev–Trinajstić information content (AvgIpc) is 2.44. The summed E-state index contributed by atoms with van der Waals surface area (Å²) in [5.41, 5.74) is 2.93. The van der Waals surface area contributed by atoms with E-state index in [9.17, 15) is 9.18 Å². The van der Waals surface area contributed by atoms with Crippen molar-refractivity contribution < 1.29 is 9.18 Å². The van der Waals surface area contributed by atoms with Gasteiger partial charge in [0.15, 0.2) is 0 Å². The van der Waals surface area contributed by atoms with Crippen molar-refractivity contribution in [1.29, 1.82) is 0 Å². The molecule has 0 unspecified atom stereocenters. The van der Waals surface area contributed by atoms with Gasteiger partial charge in [0.1, 0.15) is 5.82 Å². The van der Waals surface area contributed by atoms with Crippen LogP contribution in [0.25, 0.3) is 0 Å². The van der Waals surface area contributed by atoms with Gasteiger partial charge in [0, 0.05) is 11.3 Å². The van der Waals surface area contributed by atoms with E-state index < -0.39 is 0 Å². The number of aryl methyl sites for hydroxylation is 2. The first kappa shape index (κ1) is 14.3. The summed E-state index contributed by atoms with van der Waals surface area (Å²) < 4.78 is 13.2. The van der Waals surface area contributed by atoms with Crippen molar-refractivity contribution in [3.05, 3.63) is 65.0 Å². The van der Waals surface area contributed by atoms with Crippen LogP contribution >= 0.6 is 0 Å². The number of carbonyl (C=O) groups excluding carboxylic acids is 1. The predicted octanol–water partition coefficient (Wildman–Crippen LogP) is 4.34. The topological polar surface area (TPSA) is 29.1 Å². The zero-order valence-corrected chi connectivity index (χ0v) is 11.7. The summed E-state index contributed by atoms with van der Waals surface area (Å²) in [6, 6.07) is 12.1. The third-order valence-electron chi connectivity index (χ3n) is 3.17. The summed E-state index contributed by atoms with van der Waals surface area (Å²) in [6.07, 6.45) is 2.13. The number of carbonyl (C=O) groups is 1. The molecule has 0 saturated heterocycles. The van der Waals surface area contributed by atoms with Gasteiger partial charge in [0.25, 0.3) is 5.91 Å². The van der Waals surface area contributed by atoms with Crippen molar-refractivity contribution in [3.8, 4) is 0 Å². The first-order valence-electron chi connectivity index (χ1n) is 6.76. The van der Waals surface area contributed by atoms with E-state index in [1.54, 1.807) is 13.0 Å². The number of nitrogens with one attached hydrogen (secondary N) is 1. The number of benzene rings is 2. The molecule has 0 bridgehead atoms. The van der Waals surface area contributed by atoms with Crippen LogP contribution in [-0.4, -0.2) is 5.91 Å². The molecule has 104 valence electrons. The van der Waals surface area contributed by atoms with Crippen LogP contribution in [0.15, 0.2) is 42.5 Å². The third-order valence-corrected chi connectivity index (χ3v) is 3.17. The lowest BCUT2D eigenvalue weighted by molar-refractivity contribution is 0.102. The van der Waals surface area contributed by atoms with Crippen LogP contribution in [0, 0.1) is 12.7 Å². The minimum absolute atomic E-state index is 0.226. The molecule has 0 aromatic heterocycles. The highest BCUT2D eigenvalue weighted by atomic mass is 19.1. The van der Waals surface area contributed by atoms with Gasteiger partial charge >= 0.3 is 0 Å². The van der Waals surface area contributed by atoms with Crippen LogP contribution in [0.1, 0.15) is 34.8 Å². The fraction of sp³-hybridized carbons (Fsp3) is 0.235. The number of hydrogen-bond donors (Lipinski definition) is 1. The van der Waals surface area contributed by atoms with Gasteiger partial charge in [-0.3, -0.25) is 4.79 Å². The van der Waals surface area contributed by atoms with E-state index in [1.165, 1.54) is 17.7 Å². The highest BCUT2D eigenvalue weighted by Gasteiger charge is 2.08. The predicted molar refractivity (Wildman–Crippen MR) is 79.5 cm³/mol. The number of halogens is 1. The van der Waals surface area contributed by atoms with Crippen LogP contribution in [0.3, 0.4) is 0 Å². The van der Waals surface area contributed by atoms with E-state index in [0.29, 0.717) is 11.1 Å². The molecular formula is C17H18FNO. The van der Waals surface area contributed by atoms with E-state index in [4.69, 9.17) is 0 Å². The number of hydrogen-bond acceptors (Lipinski definition) is 1.